The molecule has 2 atom stereocenters. The lowest BCUT2D eigenvalue weighted by Gasteiger charge is -2.29. The molecule has 0 bridgehead atoms. The van der Waals surface area contributed by atoms with Gasteiger partial charge < -0.3 is 16.4 Å². The number of hydrogen-bond acceptors (Lipinski definition) is 5. The summed E-state index contributed by atoms with van der Waals surface area (Å²) in [6.45, 7) is 2.21. The number of carbonyl (C=O) groups is 1. The van der Waals surface area contributed by atoms with E-state index < -0.39 is 0 Å². The van der Waals surface area contributed by atoms with E-state index in [1.54, 1.807) is 0 Å². The van der Waals surface area contributed by atoms with Gasteiger partial charge in [-0.2, -0.15) is 0 Å². The summed E-state index contributed by atoms with van der Waals surface area (Å²) in [6, 6.07) is 0.778. The quantitative estimate of drug-likeness (QED) is 0.799. The van der Waals surface area contributed by atoms with Gasteiger partial charge in [0.2, 0.25) is 0 Å². The summed E-state index contributed by atoms with van der Waals surface area (Å²) in [5.74, 6) is 0.831. The number of hydrogen-bond donors (Lipinski definition) is 3. The van der Waals surface area contributed by atoms with Crippen molar-refractivity contribution in [2.45, 2.75) is 64.0 Å². The normalized spacial score (nSPS) is 26.1. The molecule has 5 nitrogen and oxygen atoms in total. The van der Waals surface area contributed by atoms with Crippen LogP contribution in [0.15, 0.2) is 0 Å². The molecule has 1 heterocycles. The van der Waals surface area contributed by atoms with Crippen LogP contribution in [-0.2, 0) is 0 Å². The van der Waals surface area contributed by atoms with Crippen molar-refractivity contribution in [3.63, 3.8) is 0 Å². The highest BCUT2D eigenvalue weighted by Gasteiger charge is 2.26. The third-order valence-corrected chi connectivity index (χ3v) is 5.72. The molecule has 4 N–H and O–H groups in total. The van der Waals surface area contributed by atoms with Crippen molar-refractivity contribution in [3.8, 4) is 0 Å². The molecule has 21 heavy (non-hydrogen) atoms. The summed E-state index contributed by atoms with van der Waals surface area (Å²) in [5.41, 5.74) is 5.92. The van der Waals surface area contributed by atoms with Gasteiger partial charge in [-0.05, 0) is 38.0 Å². The lowest BCUT2D eigenvalue weighted by molar-refractivity contribution is 0.0915. The second-order valence-electron chi connectivity index (χ2n) is 6.35. The Morgan fingerprint density at radius 2 is 2.00 bits per heavy atom. The molecule has 0 spiro atoms. The van der Waals surface area contributed by atoms with Gasteiger partial charge in [-0.15, -0.1) is 0 Å². The van der Waals surface area contributed by atoms with Crippen LogP contribution in [0.1, 0.15) is 61.5 Å². The van der Waals surface area contributed by atoms with Crippen LogP contribution in [0.4, 0.5) is 10.9 Å². The molecule has 2 aliphatic carbocycles. The van der Waals surface area contributed by atoms with Gasteiger partial charge in [0.05, 0.1) is 0 Å². The lowest BCUT2D eigenvalue weighted by Crippen LogP contribution is -2.40. The van der Waals surface area contributed by atoms with Crippen molar-refractivity contribution in [2.24, 2.45) is 5.92 Å². The maximum absolute atomic E-state index is 12.4. The molecule has 1 aromatic heterocycles. The average Bonchev–Trinajstić information content (AvgIpc) is 2.78. The molecule has 0 aliphatic heterocycles. The van der Waals surface area contributed by atoms with Gasteiger partial charge in [-0.3, -0.25) is 4.79 Å². The first-order valence-corrected chi connectivity index (χ1v) is 8.79. The number of aromatic nitrogens is 1. The second kappa shape index (κ2) is 6.22. The van der Waals surface area contributed by atoms with E-state index in [-0.39, 0.29) is 11.9 Å². The number of carbonyl (C=O) groups excluding carboxylic acids is 1. The molecule has 2 fully saturated rings. The van der Waals surface area contributed by atoms with E-state index in [0.717, 1.165) is 11.6 Å². The summed E-state index contributed by atoms with van der Waals surface area (Å²) < 4.78 is 0. The molecule has 2 aliphatic rings. The fourth-order valence-electron chi connectivity index (χ4n) is 3.05. The zero-order chi connectivity index (χ0) is 14.8. The van der Waals surface area contributed by atoms with Crippen LogP contribution in [0.25, 0.3) is 0 Å². The molecule has 2 unspecified atom stereocenters. The fourth-order valence-corrected chi connectivity index (χ4v) is 3.91. The lowest BCUT2D eigenvalue weighted by atomic mass is 9.86. The molecule has 1 amide bonds. The summed E-state index contributed by atoms with van der Waals surface area (Å²) in [5, 5.41) is 7.28. The van der Waals surface area contributed by atoms with Crippen LogP contribution in [0.5, 0.6) is 0 Å². The first-order valence-electron chi connectivity index (χ1n) is 7.97. The predicted molar refractivity (Wildman–Crippen MR) is 86.7 cm³/mol. The van der Waals surface area contributed by atoms with Gasteiger partial charge in [0.1, 0.15) is 10.7 Å². The molecule has 116 valence electrons. The monoisotopic (exact) mass is 308 g/mol. The zero-order valence-corrected chi connectivity index (χ0v) is 13.3. The smallest absolute Gasteiger partial charge is 0.265 e. The van der Waals surface area contributed by atoms with Crippen molar-refractivity contribution in [1.82, 2.24) is 10.3 Å². The maximum Gasteiger partial charge on any atom is 0.265 e. The fraction of sp³-hybridized carbons (Fsp3) is 0.733. The van der Waals surface area contributed by atoms with Crippen LogP contribution in [0, 0.1) is 5.92 Å². The summed E-state index contributed by atoms with van der Waals surface area (Å²) >= 11 is 1.38. The van der Waals surface area contributed by atoms with E-state index in [4.69, 9.17) is 5.73 Å². The number of nitrogen functional groups attached to an aromatic ring is 1. The van der Waals surface area contributed by atoms with Crippen molar-refractivity contribution in [1.29, 1.82) is 0 Å². The van der Waals surface area contributed by atoms with E-state index in [9.17, 15) is 4.79 Å². The SMILES string of the molecule is CC1CCCCC1NC(=O)c1sc(NC2CCC2)nc1N. The number of nitrogens with one attached hydrogen (secondary N) is 2. The Bertz CT molecular complexity index is 512. The van der Waals surface area contributed by atoms with Crippen LogP contribution < -0.4 is 16.4 Å². The minimum absolute atomic E-state index is 0.0644. The molecule has 6 heteroatoms. The van der Waals surface area contributed by atoms with Crippen molar-refractivity contribution in [2.75, 3.05) is 11.1 Å². The van der Waals surface area contributed by atoms with Crippen LogP contribution in [-0.4, -0.2) is 23.0 Å². The Hall–Kier alpha value is -1.30. The first kappa shape index (κ1) is 14.6. The van der Waals surface area contributed by atoms with Gasteiger partial charge in [0.15, 0.2) is 5.13 Å². The summed E-state index contributed by atoms with van der Waals surface area (Å²) in [7, 11) is 0. The number of nitrogens with zero attached hydrogens (tertiary/aromatic N) is 1. The van der Waals surface area contributed by atoms with E-state index in [2.05, 4.69) is 22.5 Å². The Kier molecular flexibility index (Phi) is 4.33. The van der Waals surface area contributed by atoms with Gasteiger partial charge in [0, 0.05) is 12.1 Å². The van der Waals surface area contributed by atoms with Crippen LogP contribution >= 0.6 is 11.3 Å². The Morgan fingerprint density at radius 1 is 1.24 bits per heavy atom. The minimum Gasteiger partial charge on any atom is -0.382 e. The predicted octanol–water partition coefficient (Wildman–Crippen LogP) is 3.00. The molecule has 0 saturated heterocycles. The molecule has 3 rings (SSSR count). The summed E-state index contributed by atoms with van der Waals surface area (Å²) in [6.07, 6.45) is 8.36. The van der Waals surface area contributed by atoms with E-state index >= 15 is 0 Å². The Balaban J connectivity index is 1.63. The van der Waals surface area contributed by atoms with Gasteiger partial charge in [0.25, 0.3) is 5.91 Å². The van der Waals surface area contributed by atoms with Crippen molar-refractivity contribution < 1.29 is 4.79 Å². The molecule has 1 aromatic rings. The van der Waals surface area contributed by atoms with Gasteiger partial charge >= 0.3 is 0 Å². The third-order valence-electron chi connectivity index (χ3n) is 4.72. The van der Waals surface area contributed by atoms with E-state index in [1.807, 2.05) is 0 Å². The van der Waals surface area contributed by atoms with Gasteiger partial charge in [-0.25, -0.2) is 4.98 Å². The topological polar surface area (TPSA) is 80.0 Å². The number of amides is 1. The summed E-state index contributed by atoms with van der Waals surface area (Å²) in [4.78, 5) is 17.3. The average molecular weight is 308 g/mol. The maximum atomic E-state index is 12.4. The largest absolute Gasteiger partial charge is 0.382 e. The van der Waals surface area contributed by atoms with Crippen LogP contribution in [0.3, 0.4) is 0 Å². The third kappa shape index (κ3) is 3.31. The molecule has 2 saturated carbocycles. The zero-order valence-electron chi connectivity index (χ0n) is 12.5. The molecular weight excluding hydrogens is 284 g/mol. The number of nitrogens with two attached hydrogens (primary N) is 1. The van der Waals surface area contributed by atoms with Gasteiger partial charge in [-0.1, -0.05) is 31.1 Å². The van der Waals surface area contributed by atoms with E-state index in [0.29, 0.717) is 22.7 Å². The first-order chi connectivity index (χ1) is 10.1. The highest BCUT2D eigenvalue weighted by Crippen LogP contribution is 2.30. The molecule has 0 aromatic carbocycles. The molecule has 0 radical (unpaired) electrons. The van der Waals surface area contributed by atoms with Crippen LogP contribution in [0.2, 0.25) is 0 Å². The second-order valence-corrected chi connectivity index (χ2v) is 7.35. The Labute approximate surface area is 129 Å². The number of thiazole rings is 1. The minimum atomic E-state index is -0.0644. The highest BCUT2D eigenvalue weighted by atomic mass is 32.1. The highest BCUT2D eigenvalue weighted by molar-refractivity contribution is 7.18. The Morgan fingerprint density at radius 3 is 2.67 bits per heavy atom. The number of anilines is 2. The standard InChI is InChI=1S/C15H24N4OS/c1-9-5-2-3-8-11(9)18-14(20)12-13(16)19-15(21-12)17-10-6-4-7-10/h9-11H,2-8,16H2,1H3,(H,17,19)(H,18,20). The van der Waals surface area contributed by atoms with Crippen molar-refractivity contribution in [3.05, 3.63) is 4.88 Å². The molecular formula is C15H24N4OS. The number of rotatable bonds is 4. The van der Waals surface area contributed by atoms with E-state index in [1.165, 1.54) is 49.9 Å². The van der Waals surface area contributed by atoms with Crippen molar-refractivity contribution >= 4 is 28.2 Å².